The number of fused-ring (bicyclic) bond motifs is 1. The Bertz CT molecular complexity index is 1410. The average molecular weight is 470 g/mol. The van der Waals surface area contributed by atoms with Gasteiger partial charge in [-0.15, -0.1) is 11.8 Å². The Hall–Kier alpha value is -3.08. The number of rotatable bonds is 6. The zero-order valence-corrected chi connectivity index (χ0v) is 20.2. The van der Waals surface area contributed by atoms with E-state index >= 15 is 0 Å². The van der Waals surface area contributed by atoms with E-state index < -0.39 is 0 Å². The van der Waals surface area contributed by atoms with Crippen molar-refractivity contribution in [2.45, 2.75) is 31.0 Å². The molecule has 0 atom stereocenters. The Morgan fingerprint density at radius 1 is 0.818 bits per heavy atom. The number of benzene rings is 3. The van der Waals surface area contributed by atoms with Crippen molar-refractivity contribution in [3.8, 4) is 11.1 Å². The molecule has 0 radical (unpaired) electrons. The van der Waals surface area contributed by atoms with Gasteiger partial charge >= 0.3 is 0 Å². The SMILES string of the molecule is Cc1nc2c(-c3ccccc3)c(C)nn2c(SCc2ccccc2Cl)c1Cc1ccccc1. The minimum atomic E-state index is 0.763. The molecule has 2 aromatic heterocycles. The predicted molar refractivity (Wildman–Crippen MR) is 138 cm³/mol. The summed E-state index contributed by atoms with van der Waals surface area (Å²) in [4.78, 5) is 5.06. The molecule has 0 saturated heterocycles. The first-order valence-electron chi connectivity index (χ1n) is 11.0. The summed E-state index contributed by atoms with van der Waals surface area (Å²) in [5.41, 5.74) is 8.70. The highest BCUT2D eigenvalue weighted by Gasteiger charge is 2.21. The molecule has 0 aliphatic heterocycles. The lowest BCUT2D eigenvalue weighted by molar-refractivity contribution is 0.792. The smallest absolute Gasteiger partial charge is 0.164 e. The largest absolute Gasteiger partial charge is 0.233 e. The standard InChI is InChI=1S/C28H24ClN3S/c1-19-24(17-21-11-5-3-6-12-21)28(33-18-23-15-9-10-16-25(23)29)32-27(30-19)26(20(2)31-32)22-13-7-4-8-14-22/h3-16H,17-18H2,1-2H3. The van der Waals surface area contributed by atoms with Crippen LogP contribution in [0.4, 0.5) is 0 Å². The minimum Gasteiger partial charge on any atom is -0.233 e. The van der Waals surface area contributed by atoms with Gasteiger partial charge in [-0.1, -0.05) is 90.5 Å². The monoisotopic (exact) mass is 469 g/mol. The van der Waals surface area contributed by atoms with E-state index in [1.165, 1.54) is 11.1 Å². The fourth-order valence-electron chi connectivity index (χ4n) is 4.12. The van der Waals surface area contributed by atoms with Crippen LogP contribution in [-0.2, 0) is 12.2 Å². The Kier molecular flexibility index (Phi) is 6.21. The second-order valence-electron chi connectivity index (χ2n) is 8.09. The maximum absolute atomic E-state index is 6.47. The van der Waals surface area contributed by atoms with Crippen LogP contribution in [0, 0.1) is 13.8 Å². The van der Waals surface area contributed by atoms with Gasteiger partial charge in [0.15, 0.2) is 5.65 Å². The molecule has 3 aromatic carbocycles. The van der Waals surface area contributed by atoms with Crippen molar-refractivity contribution in [3.05, 3.63) is 118 Å². The molecule has 0 aliphatic rings. The normalized spacial score (nSPS) is 11.2. The van der Waals surface area contributed by atoms with E-state index in [1.807, 2.05) is 34.8 Å². The minimum absolute atomic E-state index is 0.763. The molecule has 33 heavy (non-hydrogen) atoms. The summed E-state index contributed by atoms with van der Waals surface area (Å²) in [6, 6.07) is 29.0. The molecular formula is C28H24ClN3S. The number of halogens is 1. The van der Waals surface area contributed by atoms with Crippen LogP contribution in [0.1, 0.15) is 28.1 Å². The number of aromatic nitrogens is 3. The predicted octanol–water partition coefficient (Wildman–Crippen LogP) is 7.55. The fraction of sp³-hybridized carbons (Fsp3) is 0.143. The maximum Gasteiger partial charge on any atom is 0.164 e. The Balaban J connectivity index is 1.67. The van der Waals surface area contributed by atoms with E-state index in [4.69, 9.17) is 21.7 Å². The molecular weight excluding hydrogens is 446 g/mol. The quantitative estimate of drug-likeness (QED) is 0.190. The molecule has 5 rings (SSSR count). The third-order valence-corrected chi connectivity index (χ3v) is 7.32. The summed E-state index contributed by atoms with van der Waals surface area (Å²) in [5.74, 6) is 0.763. The van der Waals surface area contributed by atoms with Gasteiger partial charge in [-0.25, -0.2) is 9.50 Å². The van der Waals surface area contributed by atoms with Gasteiger partial charge in [0.25, 0.3) is 0 Å². The van der Waals surface area contributed by atoms with E-state index in [-0.39, 0.29) is 0 Å². The highest BCUT2D eigenvalue weighted by atomic mass is 35.5. The first-order chi connectivity index (χ1) is 16.1. The first kappa shape index (κ1) is 21.7. The molecule has 5 heteroatoms. The lowest BCUT2D eigenvalue weighted by Gasteiger charge is -2.15. The summed E-state index contributed by atoms with van der Waals surface area (Å²) < 4.78 is 2.03. The van der Waals surface area contributed by atoms with Crippen LogP contribution in [0.15, 0.2) is 90.0 Å². The van der Waals surface area contributed by atoms with E-state index in [2.05, 4.69) is 68.4 Å². The van der Waals surface area contributed by atoms with Crippen molar-refractivity contribution in [1.82, 2.24) is 14.6 Å². The second-order valence-corrected chi connectivity index (χ2v) is 9.46. The molecule has 0 N–H and O–H groups in total. The zero-order valence-electron chi connectivity index (χ0n) is 18.6. The van der Waals surface area contributed by atoms with Crippen LogP contribution in [-0.4, -0.2) is 14.6 Å². The number of aryl methyl sites for hydroxylation is 2. The average Bonchev–Trinajstić information content (AvgIpc) is 3.16. The molecule has 0 unspecified atom stereocenters. The molecule has 0 aliphatic carbocycles. The van der Waals surface area contributed by atoms with Crippen molar-refractivity contribution >= 4 is 29.0 Å². The molecule has 3 nitrogen and oxygen atoms in total. The molecule has 164 valence electrons. The molecule has 0 spiro atoms. The van der Waals surface area contributed by atoms with E-state index in [9.17, 15) is 0 Å². The summed E-state index contributed by atoms with van der Waals surface area (Å²) in [5, 5.41) is 6.88. The Morgan fingerprint density at radius 3 is 2.21 bits per heavy atom. The summed E-state index contributed by atoms with van der Waals surface area (Å²) in [6.07, 6.45) is 0.806. The highest BCUT2D eigenvalue weighted by Crippen LogP contribution is 2.35. The molecule has 0 amide bonds. The van der Waals surface area contributed by atoms with Crippen LogP contribution in [0.5, 0.6) is 0 Å². The molecule has 0 bridgehead atoms. The van der Waals surface area contributed by atoms with Crippen molar-refractivity contribution in [3.63, 3.8) is 0 Å². The lowest BCUT2D eigenvalue weighted by Crippen LogP contribution is -2.06. The molecule has 2 heterocycles. The summed E-state index contributed by atoms with van der Waals surface area (Å²) in [6.45, 7) is 4.17. The Morgan fingerprint density at radius 2 is 1.48 bits per heavy atom. The highest BCUT2D eigenvalue weighted by molar-refractivity contribution is 7.98. The van der Waals surface area contributed by atoms with Gasteiger partial charge < -0.3 is 0 Å². The van der Waals surface area contributed by atoms with Gasteiger partial charge in [0, 0.05) is 34.0 Å². The summed E-state index contributed by atoms with van der Waals surface area (Å²) in [7, 11) is 0. The number of nitrogens with zero attached hydrogens (tertiary/aromatic N) is 3. The van der Waals surface area contributed by atoms with Crippen LogP contribution in [0.2, 0.25) is 5.02 Å². The van der Waals surface area contributed by atoms with Gasteiger partial charge in [0.05, 0.1) is 5.69 Å². The molecule has 0 saturated carbocycles. The van der Waals surface area contributed by atoms with Crippen molar-refractivity contribution in [2.24, 2.45) is 0 Å². The molecule has 5 aromatic rings. The maximum atomic E-state index is 6.47. The fourth-order valence-corrected chi connectivity index (χ4v) is 5.59. The third-order valence-electron chi connectivity index (χ3n) is 5.81. The van der Waals surface area contributed by atoms with Crippen LogP contribution in [0.3, 0.4) is 0 Å². The molecule has 0 fully saturated rings. The van der Waals surface area contributed by atoms with E-state index in [1.54, 1.807) is 11.8 Å². The van der Waals surface area contributed by atoms with Gasteiger partial charge in [-0.05, 0) is 36.6 Å². The third kappa shape index (κ3) is 4.41. The van der Waals surface area contributed by atoms with Crippen LogP contribution < -0.4 is 0 Å². The number of thioether (sulfide) groups is 1. The van der Waals surface area contributed by atoms with Gasteiger partial charge in [-0.3, -0.25) is 0 Å². The zero-order chi connectivity index (χ0) is 22.8. The van der Waals surface area contributed by atoms with Crippen LogP contribution >= 0.6 is 23.4 Å². The topological polar surface area (TPSA) is 30.2 Å². The summed E-state index contributed by atoms with van der Waals surface area (Å²) >= 11 is 8.24. The van der Waals surface area contributed by atoms with Crippen molar-refractivity contribution in [2.75, 3.05) is 0 Å². The number of hydrogen-bond acceptors (Lipinski definition) is 3. The van der Waals surface area contributed by atoms with Crippen molar-refractivity contribution in [1.29, 1.82) is 0 Å². The van der Waals surface area contributed by atoms with E-state index in [0.29, 0.717) is 0 Å². The van der Waals surface area contributed by atoms with E-state index in [0.717, 1.165) is 55.9 Å². The van der Waals surface area contributed by atoms with Gasteiger partial charge in [0.2, 0.25) is 0 Å². The van der Waals surface area contributed by atoms with Crippen molar-refractivity contribution < 1.29 is 0 Å². The Labute approximate surface area is 203 Å². The number of hydrogen-bond donors (Lipinski definition) is 0. The van der Waals surface area contributed by atoms with Gasteiger partial charge in [0.1, 0.15) is 5.03 Å². The van der Waals surface area contributed by atoms with Gasteiger partial charge in [-0.2, -0.15) is 5.10 Å². The lowest BCUT2D eigenvalue weighted by atomic mass is 10.0. The van der Waals surface area contributed by atoms with Crippen LogP contribution in [0.25, 0.3) is 16.8 Å². The second kappa shape index (κ2) is 9.42. The first-order valence-corrected chi connectivity index (χ1v) is 12.3.